The van der Waals surface area contributed by atoms with E-state index in [2.05, 4.69) is 4.99 Å². The van der Waals surface area contributed by atoms with E-state index in [1.165, 1.54) is 6.08 Å². The second-order valence-electron chi connectivity index (χ2n) is 3.74. The minimum atomic E-state index is 0.525. The summed E-state index contributed by atoms with van der Waals surface area (Å²) >= 11 is 12.0. The summed E-state index contributed by atoms with van der Waals surface area (Å²) in [7, 11) is 0. The van der Waals surface area contributed by atoms with Crippen molar-refractivity contribution in [3.8, 4) is 0 Å². The van der Waals surface area contributed by atoms with Crippen LogP contribution in [0.3, 0.4) is 0 Å². The average molecular weight is 278 g/mol. The minimum absolute atomic E-state index is 0.525. The summed E-state index contributed by atoms with van der Waals surface area (Å²) < 4.78 is 0. The van der Waals surface area contributed by atoms with Crippen LogP contribution >= 0.6 is 23.2 Å². The molecule has 0 saturated heterocycles. The number of rotatable bonds is 3. The van der Waals surface area contributed by atoms with Gasteiger partial charge in [0.1, 0.15) is 0 Å². The second kappa shape index (κ2) is 5.83. The van der Waals surface area contributed by atoms with Crippen LogP contribution in [0.1, 0.15) is 11.1 Å². The van der Waals surface area contributed by atoms with Crippen molar-refractivity contribution in [1.29, 1.82) is 0 Å². The third-order valence-electron chi connectivity index (χ3n) is 2.55. The highest BCUT2D eigenvalue weighted by atomic mass is 35.5. The lowest BCUT2D eigenvalue weighted by Crippen LogP contribution is -1.90. The normalized spacial score (nSPS) is 9.89. The van der Waals surface area contributed by atoms with Gasteiger partial charge in [-0.05, 0) is 29.3 Å². The van der Waals surface area contributed by atoms with Crippen LogP contribution in [0.15, 0.2) is 47.5 Å². The van der Waals surface area contributed by atoms with Crippen LogP contribution in [-0.2, 0) is 11.2 Å². The van der Waals surface area contributed by atoms with Gasteiger partial charge in [-0.2, -0.15) is 4.99 Å². The average Bonchev–Trinajstić information content (AvgIpc) is 2.35. The Labute approximate surface area is 115 Å². The van der Waals surface area contributed by atoms with Gasteiger partial charge in [-0.1, -0.05) is 47.5 Å². The number of aliphatic imine (C=N–C) groups is 1. The molecule has 0 bridgehead atoms. The van der Waals surface area contributed by atoms with E-state index in [0.717, 1.165) is 11.1 Å². The van der Waals surface area contributed by atoms with Crippen molar-refractivity contribution >= 4 is 35.0 Å². The molecular weight excluding hydrogens is 269 g/mol. The first-order valence-corrected chi connectivity index (χ1v) is 6.06. The zero-order valence-electron chi connectivity index (χ0n) is 9.36. The zero-order valence-corrected chi connectivity index (χ0v) is 10.9. The number of isocyanates is 1. The molecule has 0 radical (unpaired) electrons. The molecule has 0 fully saturated rings. The summed E-state index contributed by atoms with van der Waals surface area (Å²) in [6.45, 7) is 0. The molecule has 0 saturated carbocycles. The van der Waals surface area contributed by atoms with Crippen molar-refractivity contribution < 1.29 is 4.79 Å². The maximum absolute atomic E-state index is 10.4. The van der Waals surface area contributed by atoms with Crippen LogP contribution in [0.2, 0.25) is 10.0 Å². The Morgan fingerprint density at radius 3 is 2.56 bits per heavy atom. The van der Waals surface area contributed by atoms with Gasteiger partial charge in [-0.3, -0.25) is 0 Å². The first-order valence-electron chi connectivity index (χ1n) is 5.30. The number of hydrogen-bond donors (Lipinski definition) is 0. The van der Waals surface area contributed by atoms with E-state index < -0.39 is 0 Å². The van der Waals surface area contributed by atoms with E-state index in [1.807, 2.05) is 30.3 Å². The maximum atomic E-state index is 10.4. The highest BCUT2D eigenvalue weighted by molar-refractivity contribution is 6.31. The van der Waals surface area contributed by atoms with Gasteiger partial charge in [0.05, 0.1) is 5.69 Å². The predicted molar refractivity (Wildman–Crippen MR) is 73.5 cm³/mol. The minimum Gasteiger partial charge on any atom is -0.211 e. The molecule has 0 unspecified atom stereocenters. The van der Waals surface area contributed by atoms with E-state index in [4.69, 9.17) is 23.2 Å². The largest absolute Gasteiger partial charge is 0.240 e. The Kier molecular flexibility index (Phi) is 4.16. The monoisotopic (exact) mass is 277 g/mol. The van der Waals surface area contributed by atoms with Gasteiger partial charge in [-0.15, -0.1) is 0 Å². The maximum Gasteiger partial charge on any atom is 0.240 e. The van der Waals surface area contributed by atoms with E-state index in [9.17, 15) is 4.79 Å². The van der Waals surface area contributed by atoms with Gasteiger partial charge in [0.2, 0.25) is 6.08 Å². The first kappa shape index (κ1) is 12.8. The third kappa shape index (κ3) is 2.99. The summed E-state index contributed by atoms with van der Waals surface area (Å²) in [4.78, 5) is 14.1. The molecule has 2 aromatic carbocycles. The number of nitrogens with zero attached hydrogens (tertiary/aromatic N) is 1. The number of carbonyl (C=O) groups excluding carboxylic acids is 1. The molecule has 0 aliphatic carbocycles. The van der Waals surface area contributed by atoms with Crippen LogP contribution in [0.5, 0.6) is 0 Å². The molecule has 0 heterocycles. The van der Waals surface area contributed by atoms with Crippen LogP contribution < -0.4 is 0 Å². The highest BCUT2D eigenvalue weighted by Gasteiger charge is 2.06. The first-order chi connectivity index (χ1) is 8.70. The molecule has 0 aliphatic rings. The Morgan fingerprint density at radius 2 is 1.83 bits per heavy atom. The van der Waals surface area contributed by atoms with Crippen molar-refractivity contribution in [3.05, 3.63) is 63.6 Å². The van der Waals surface area contributed by atoms with Crippen LogP contribution in [-0.4, -0.2) is 6.08 Å². The SMILES string of the molecule is O=C=Nc1cc(Cl)ccc1Cc1ccccc1Cl. The van der Waals surface area contributed by atoms with Gasteiger partial charge < -0.3 is 0 Å². The summed E-state index contributed by atoms with van der Waals surface area (Å²) in [5, 5.41) is 1.22. The van der Waals surface area contributed by atoms with Crippen molar-refractivity contribution in [2.45, 2.75) is 6.42 Å². The number of hydrogen-bond acceptors (Lipinski definition) is 2. The van der Waals surface area contributed by atoms with Crippen molar-refractivity contribution in [2.75, 3.05) is 0 Å². The molecule has 18 heavy (non-hydrogen) atoms. The molecule has 2 rings (SSSR count). The number of halogens is 2. The van der Waals surface area contributed by atoms with Crippen LogP contribution in [0, 0.1) is 0 Å². The van der Waals surface area contributed by atoms with E-state index in [0.29, 0.717) is 22.2 Å². The topological polar surface area (TPSA) is 29.4 Å². The van der Waals surface area contributed by atoms with Crippen LogP contribution in [0.4, 0.5) is 5.69 Å². The van der Waals surface area contributed by atoms with Crippen LogP contribution in [0.25, 0.3) is 0 Å². The Bertz CT molecular complexity index is 619. The number of benzene rings is 2. The fourth-order valence-corrected chi connectivity index (χ4v) is 2.06. The van der Waals surface area contributed by atoms with Crippen molar-refractivity contribution in [2.24, 2.45) is 4.99 Å². The molecule has 4 heteroatoms. The zero-order chi connectivity index (χ0) is 13.0. The Morgan fingerprint density at radius 1 is 1.06 bits per heavy atom. The lowest BCUT2D eigenvalue weighted by molar-refractivity contribution is 0.565. The summed E-state index contributed by atoms with van der Waals surface area (Å²) in [6, 6.07) is 12.8. The summed E-state index contributed by atoms with van der Waals surface area (Å²) in [5.74, 6) is 0. The Hall–Kier alpha value is -1.60. The third-order valence-corrected chi connectivity index (χ3v) is 3.16. The second-order valence-corrected chi connectivity index (χ2v) is 4.59. The highest BCUT2D eigenvalue weighted by Crippen LogP contribution is 2.27. The Balaban J connectivity index is 2.40. The molecule has 0 aliphatic heterocycles. The fraction of sp³-hybridized carbons (Fsp3) is 0.0714. The molecular formula is C14H9Cl2NO. The standard InChI is InChI=1S/C14H9Cl2NO/c15-12-6-5-11(14(8-12)17-9-18)7-10-3-1-2-4-13(10)16/h1-6,8H,7H2. The molecule has 90 valence electrons. The van der Waals surface area contributed by atoms with Gasteiger partial charge >= 0.3 is 0 Å². The molecule has 0 N–H and O–H groups in total. The molecule has 0 aromatic heterocycles. The molecule has 0 atom stereocenters. The molecule has 2 nitrogen and oxygen atoms in total. The van der Waals surface area contributed by atoms with Gasteiger partial charge in [0.25, 0.3) is 0 Å². The van der Waals surface area contributed by atoms with E-state index in [1.54, 1.807) is 12.1 Å². The van der Waals surface area contributed by atoms with Gasteiger partial charge in [0.15, 0.2) is 0 Å². The van der Waals surface area contributed by atoms with Gasteiger partial charge in [-0.25, -0.2) is 4.79 Å². The van der Waals surface area contributed by atoms with E-state index in [-0.39, 0.29) is 0 Å². The molecule has 0 amide bonds. The summed E-state index contributed by atoms with van der Waals surface area (Å²) in [6.07, 6.45) is 2.13. The van der Waals surface area contributed by atoms with Crippen molar-refractivity contribution in [1.82, 2.24) is 0 Å². The predicted octanol–water partition coefficient (Wildman–Crippen LogP) is 4.55. The lowest BCUT2D eigenvalue weighted by atomic mass is 10.0. The lowest BCUT2D eigenvalue weighted by Gasteiger charge is -2.07. The van der Waals surface area contributed by atoms with E-state index >= 15 is 0 Å². The summed E-state index contributed by atoms with van der Waals surface area (Å²) in [5.41, 5.74) is 2.39. The fourth-order valence-electron chi connectivity index (χ4n) is 1.69. The van der Waals surface area contributed by atoms with Crippen molar-refractivity contribution in [3.63, 3.8) is 0 Å². The molecule has 2 aromatic rings. The smallest absolute Gasteiger partial charge is 0.211 e. The quantitative estimate of drug-likeness (QED) is 0.598. The molecule has 0 spiro atoms. The van der Waals surface area contributed by atoms with Gasteiger partial charge in [0, 0.05) is 16.5 Å².